The Balaban J connectivity index is 2.17. The van der Waals surface area contributed by atoms with Crippen LogP contribution >= 0.6 is 0 Å². The van der Waals surface area contributed by atoms with Gasteiger partial charge >= 0.3 is 5.69 Å². The topological polar surface area (TPSA) is 102 Å². The number of hydrogen-bond acceptors (Lipinski definition) is 7. The molecule has 0 aliphatic carbocycles. The van der Waals surface area contributed by atoms with Gasteiger partial charge in [0.1, 0.15) is 6.20 Å². The van der Waals surface area contributed by atoms with Crippen LogP contribution in [0.3, 0.4) is 0 Å². The Bertz CT molecular complexity index is 476. The van der Waals surface area contributed by atoms with Gasteiger partial charge < -0.3 is 15.4 Å². The van der Waals surface area contributed by atoms with E-state index in [1.165, 1.54) is 6.20 Å². The van der Waals surface area contributed by atoms with Gasteiger partial charge in [0.05, 0.1) is 17.1 Å². The summed E-state index contributed by atoms with van der Waals surface area (Å²) in [5.74, 6) is 0.601. The van der Waals surface area contributed by atoms with E-state index in [-0.39, 0.29) is 23.7 Å². The largest absolute Gasteiger partial charge is 0.376 e. The van der Waals surface area contributed by atoms with Crippen LogP contribution in [-0.4, -0.2) is 40.2 Å². The maximum absolute atomic E-state index is 11.0. The van der Waals surface area contributed by atoms with Crippen LogP contribution in [0.25, 0.3) is 0 Å². The molecule has 1 fully saturated rings. The third kappa shape index (κ3) is 3.32. The SMILES string of the molecule is CCNc1ncc([N+](=O)[O-])c(NC(C)C2CCCO2)n1. The lowest BCUT2D eigenvalue weighted by Gasteiger charge is -2.20. The Labute approximate surface area is 117 Å². The molecule has 110 valence electrons. The van der Waals surface area contributed by atoms with Crippen LogP contribution in [0.5, 0.6) is 0 Å². The molecule has 2 N–H and O–H groups in total. The number of anilines is 2. The minimum atomic E-state index is -0.486. The van der Waals surface area contributed by atoms with Gasteiger partial charge in [-0.05, 0) is 26.7 Å². The first kappa shape index (κ1) is 14.4. The highest BCUT2D eigenvalue weighted by Crippen LogP contribution is 2.25. The highest BCUT2D eigenvalue weighted by Gasteiger charge is 2.26. The molecule has 2 unspecified atom stereocenters. The standard InChI is InChI=1S/C12H19N5O3/c1-3-13-12-14-7-9(17(18)19)11(16-12)15-8(2)10-5-4-6-20-10/h7-8,10H,3-6H2,1-2H3,(H2,13,14,15,16). The molecule has 1 aromatic rings. The molecule has 0 spiro atoms. The van der Waals surface area contributed by atoms with Gasteiger partial charge in [-0.25, -0.2) is 4.98 Å². The summed E-state index contributed by atoms with van der Waals surface area (Å²) in [6.07, 6.45) is 3.25. The zero-order valence-corrected chi connectivity index (χ0v) is 11.6. The number of hydrogen-bond donors (Lipinski definition) is 2. The third-order valence-corrected chi connectivity index (χ3v) is 3.19. The molecule has 2 atom stereocenters. The van der Waals surface area contributed by atoms with Gasteiger partial charge in [-0.15, -0.1) is 0 Å². The van der Waals surface area contributed by atoms with Crippen molar-refractivity contribution < 1.29 is 9.66 Å². The van der Waals surface area contributed by atoms with Crippen molar-refractivity contribution in [3.8, 4) is 0 Å². The van der Waals surface area contributed by atoms with E-state index >= 15 is 0 Å². The van der Waals surface area contributed by atoms with Crippen molar-refractivity contribution in [1.82, 2.24) is 9.97 Å². The quantitative estimate of drug-likeness (QED) is 0.605. The number of aromatic nitrogens is 2. The Hall–Kier alpha value is -1.96. The molecule has 2 rings (SSSR count). The fourth-order valence-electron chi connectivity index (χ4n) is 2.16. The van der Waals surface area contributed by atoms with Crippen molar-refractivity contribution in [2.24, 2.45) is 0 Å². The molecule has 1 saturated heterocycles. The highest BCUT2D eigenvalue weighted by atomic mass is 16.6. The highest BCUT2D eigenvalue weighted by molar-refractivity contribution is 5.57. The molecule has 0 aromatic carbocycles. The number of nitrogens with zero attached hydrogens (tertiary/aromatic N) is 3. The van der Waals surface area contributed by atoms with Crippen LogP contribution in [0.1, 0.15) is 26.7 Å². The van der Waals surface area contributed by atoms with E-state index < -0.39 is 4.92 Å². The van der Waals surface area contributed by atoms with E-state index in [1.807, 2.05) is 13.8 Å². The second-order valence-corrected chi connectivity index (χ2v) is 4.70. The summed E-state index contributed by atoms with van der Waals surface area (Å²) in [4.78, 5) is 18.6. The molecule has 1 aliphatic rings. The minimum absolute atomic E-state index is 0.0411. The van der Waals surface area contributed by atoms with E-state index in [9.17, 15) is 10.1 Å². The van der Waals surface area contributed by atoms with Crippen LogP contribution in [0.2, 0.25) is 0 Å². The van der Waals surface area contributed by atoms with Crippen LogP contribution in [0.15, 0.2) is 6.20 Å². The lowest BCUT2D eigenvalue weighted by atomic mass is 10.1. The van der Waals surface area contributed by atoms with E-state index in [2.05, 4.69) is 20.6 Å². The molecule has 0 saturated carbocycles. The lowest BCUT2D eigenvalue weighted by Crippen LogP contribution is -2.30. The lowest BCUT2D eigenvalue weighted by molar-refractivity contribution is -0.384. The summed E-state index contributed by atoms with van der Waals surface area (Å²) < 4.78 is 5.57. The van der Waals surface area contributed by atoms with Crippen LogP contribution in [0.4, 0.5) is 17.5 Å². The summed E-state index contributed by atoms with van der Waals surface area (Å²) in [6.45, 7) is 5.24. The number of rotatable bonds is 6. The molecule has 2 heterocycles. The fraction of sp³-hybridized carbons (Fsp3) is 0.667. The van der Waals surface area contributed by atoms with E-state index in [0.717, 1.165) is 19.4 Å². The van der Waals surface area contributed by atoms with Gasteiger partial charge in [0.15, 0.2) is 0 Å². The number of nitro groups is 1. The Morgan fingerprint density at radius 3 is 3.05 bits per heavy atom. The maximum atomic E-state index is 11.0. The number of ether oxygens (including phenoxy) is 1. The minimum Gasteiger partial charge on any atom is -0.376 e. The zero-order chi connectivity index (χ0) is 14.5. The van der Waals surface area contributed by atoms with Gasteiger partial charge in [-0.1, -0.05) is 0 Å². The summed E-state index contributed by atoms with van der Waals surface area (Å²) >= 11 is 0. The van der Waals surface area contributed by atoms with E-state index in [4.69, 9.17) is 4.74 Å². The smallest absolute Gasteiger partial charge is 0.329 e. The molecular weight excluding hydrogens is 262 g/mol. The van der Waals surface area contributed by atoms with Gasteiger partial charge in [0.2, 0.25) is 11.8 Å². The first-order valence-corrected chi connectivity index (χ1v) is 6.75. The molecule has 20 heavy (non-hydrogen) atoms. The molecular formula is C12H19N5O3. The third-order valence-electron chi connectivity index (χ3n) is 3.19. The summed E-state index contributed by atoms with van der Waals surface area (Å²) in [5.41, 5.74) is -0.128. The summed E-state index contributed by atoms with van der Waals surface area (Å²) in [7, 11) is 0. The van der Waals surface area contributed by atoms with Crippen molar-refractivity contribution in [1.29, 1.82) is 0 Å². The van der Waals surface area contributed by atoms with Gasteiger partial charge in [0.25, 0.3) is 0 Å². The molecule has 1 aromatic heterocycles. The van der Waals surface area contributed by atoms with Gasteiger partial charge in [0, 0.05) is 13.2 Å². The summed E-state index contributed by atoms with van der Waals surface area (Å²) in [5, 5.41) is 17.0. The van der Waals surface area contributed by atoms with Crippen molar-refractivity contribution in [2.75, 3.05) is 23.8 Å². The average molecular weight is 281 g/mol. The van der Waals surface area contributed by atoms with Crippen molar-refractivity contribution in [3.05, 3.63) is 16.3 Å². The molecule has 0 amide bonds. The second-order valence-electron chi connectivity index (χ2n) is 4.70. The van der Waals surface area contributed by atoms with E-state index in [1.54, 1.807) is 0 Å². The Kier molecular flexibility index (Phi) is 4.67. The summed E-state index contributed by atoms with van der Waals surface area (Å²) in [6, 6.07) is -0.0411. The predicted molar refractivity (Wildman–Crippen MR) is 74.9 cm³/mol. The van der Waals surface area contributed by atoms with Crippen molar-refractivity contribution in [3.63, 3.8) is 0 Å². The fourth-order valence-corrected chi connectivity index (χ4v) is 2.16. The van der Waals surface area contributed by atoms with Crippen LogP contribution < -0.4 is 10.6 Å². The van der Waals surface area contributed by atoms with Gasteiger partial charge in [-0.2, -0.15) is 4.98 Å². The first-order chi connectivity index (χ1) is 9.61. The monoisotopic (exact) mass is 281 g/mol. The first-order valence-electron chi connectivity index (χ1n) is 6.75. The Morgan fingerprint density at radius 1 is 1.65 bits per heavy atom. The zero-order valence-electron chi connectivity index (χ0n) is 11.6. The van der Waals surface area contributed by atoms with Crippen molar-refractivity contribution >= 4 is 17.5 Å². The second kappa shape index (κ2) is 6.47. The maximum Gasteiger partial charge on any atom is 0.329 e. The van der Waals surface area contributed by atoms with Gasteiger partial charge in [-0.3, -0.25) is 10.1 Å². The van der Waals surface area contributed by atoms with Crippen LogP contribution in [0, 0.1) is 10.1 Å². The molecule has 0 bridgehead atoms. The predicted octanol–water partition coefficient (Wildman–Crippen LogP) is 1.80. The van der Waals surface area contributed by atoms with Crippen molar-refractivity contribution in [2.45, 2.75) is 38.8 Å². The van der Waals surface area contributed by atoms with E-state index in [0.29, 0.717) is 12.5 Å². The normalized spacial score (nSPS) is 19.6. The number of nitrogens with one attached hydrogen (secondary N) is 2. The molecule has 8 nitrogen and oxygen atoms in total. The Morgan fingerprint density at radius 2 is 2.45 bits per heavy atom. The average Bonchev–Trinajstić information content (AvgIpc) is 2.93. The van der Waals surface area contributed by atoms with Crippen LogP contribution in [-0.2, 0) is 4.74 Å². The molecule has 1 aliphatic heterocycles. The molecule has 0 radical (unpaired) electrons. The molecule has 8 heteroatoms.